The lowest BCUT2D eigenvalue weighted by Crippen LogP contribution is -2.53. The van der Waals surface area contributed by atoms with Gasteiger partial charge in [0.05, 0.1) is 12.6 Å². The Labute approximate surface area is 121 Å². The van der Waals surface area contributed by atoms with Crippen molar-refractivity contribution in [2.24, 2.45) is 10.9 Å². The Morgan fingerprint density at radius 1 is 1.35 bits per heavy atom. The molecule has 3 aliphatic heterocycles. The molecule has 0 aromatic heterocycles. The largest absolute Gasteiger partial charge is 0.345 e. The van der Waals surface area contributed by atoms with Gasteiger partial charge in [-0.3, -0.25) is 9.79 Å². The maximum Gasteiger partial charge on any atom is 0.244 e. The molecule has 1 N–H and O–H groups in total. The number of hydrogen-bond acceptors (Lipinski definition) is 4. The van der Waals surface area contributed by atoms with Crippen LogP contribution in [0.2, 0.25) is 0 Å². The molecular formula is C15H26N4O. The van der Waals surface area contributed by atoms with Crippen molar-refractivity contribution in [2.45, 2.75) is 51.6 Å². The Morgan fingerprint density at radius 3 is 2.85 bits per heavy atom. The minimum Gasteiger partial charge on any atom is -0.345 e. The third-order valence-electron chi connectivity index (χ3n) is 4.80. The van der Waals surface area contributed by atoms with Gasteiger partial charge < -0.3 is 15.1 Å². The molecule has 0 saturated carbocycles. The van der Waals surface area contributed by atoms with Crippen LogP contribution in [0, 0.1) is 5.92 Å². The summed E-state index contributed by atoms with van der Waals surface area (Å²) in [6, 6.07) is 0.394. The topological polar surface area (TPSA) is 47.9 Å². The van der Waals surface area contributed by atoms with E-state index in [9.17, 15) is 4.79 Å². The summed E-state index contributed by atoms with van der Waals surface area (Å²) < 4.78 is 0. The third-order valence-corrected chi connectivity index (χ3v) is 4.80. The fraction of sp³-hybridized carbons (Fsp3) is 0.867. The summed E-state index contributed by atoms with van der Waals surface area (Å²) in [5, 5.41) is 3.36. The van der Waals surface area contributed by atoms with E-state index in [1.54, 1.807) is 0 Å². The van der Waals surface area contributed by atoms with Gasteiger partial charge in [0.15, 0.2) is 5.96 Å². The lowest BCUT2D eigenvalue weighted by atomic mass is 9.95. The summed E-state index contributed by atoms with van der Waals surface area (Å²) in [5.41, 5.74) is 0. The first-order chi connectivity index (χ1) is 9.65. The molecular weight excluding hydrogens is 252 g/mol. The molecule has 0 radical (unpaired) electrons. The minimum atomic E-state index is -0.164. The number of carbonyl (C=O) groups is 1. The fourth-order valence-corrected chi connectivity index (χ4v) is 3.54. The lowest BCUT2D eigenvalue weighted by Gasteiger charge is -2.36. The van der Waals surface area contributed by atoms with E-state index in [1.165, 1.54) is 12.8 Å². The number of fused-ring (bicyclic) bond motifs is 1. The van der Waals surface area contributed by atoms with Gasteiger partial charge in [-0.1, -0.05) is 6.92 Å². The Bertz CT molecular complexity index is 403. The monoisotopic (exact) mass is 278 g/mol. The first kappa shape index (κ1) is 13.7. The van der Waals surface area contributed by atoms with E-state index >= 15 is 0 Å². The number of amides is 1. The third kappa shape index (κ3) is 2.63. The highest BCUT2D eigenvalue weighted by Crippen LogP contribution is 2.25. The van der Waals surface area contributed by atoms with E-state index in [-0.39, 0.29) is 11.9 Å². The fourth-order valence-electron chi connectivity index (χ4n) is 3.54. The molecule has 0 bridgehead atoms. The molecule has 3 aliphatic rings. The molecule has 0 aromatic carbocycles. The summed E-state index contributed by atoms with van der Waals surface area (Å²) >= 11 is 0. The number of likely N-dealkylation sites (tertiary alicyclic amines) is 1. The van der Waals surface area contributed by atoms with Crippen LogP contribution in [-0.4, -0.2) is 59.9 Å². The second-order valence-electron chi connectivity index (χ2n) is 6.55. The zero-order chi connectivity index (χ0) is 14.1. The van der Waals surface area contributed by atoms with Crippen LogP contribution in [0.4, 0.5) is 0 Å². The van der Waals surface area contributed by atoms with Gasteiger partial charge in [-0.2, -0.15) is 0 Å². The predicted octanol–water partition coefficient (Wildman–Crippen LogP) is 1.06. The summed E-state index contributed by atoms with van der Waals surface area (Å²) in [6.07, 6.45) is 4.81. The van der Waals surface area contributed by atoms with Gasteiger partial charge in [0, 0.05) is 19.6 Å². The summed E-state index contributed by atoms with van der Waals surface area (Å²) in [4.78, 5) is 21.3. The highest BCUT2D eigenvalue weighted by Gasteiger charge is 2.34. The van der Waals surface area contributed by atoms with E-state index in [1.807, 2.05) is 11.8 Å². The second kappa shape index (κ2) is 5.62. The molecule has 2 fully saturated rings. The van der Waals surface area contributed by atoms with E-state index < -0.39 is 0 Å². The average Bonchev–Trinajstić information content (AvgIpc) is 3.08. The highest BCUT2D eigenvalue weighted by molar-refractivity contribution is 5.89. The van der Waals surface area contributed by atoms with Crippen molar-refractivity contribution in [1.29, 1.82) is 0 Å². The zero-order valence-corrected chi connectivity index (χ0v) is 12.6. The first-order valence-corrected chi connectivity index (χ1v) is 8.01. The van der Waals surface area contributed by atoms with Gasteiger partial charge in [0.25, 0.3) is 0 Å². The van der Waals surface area contributed by atoms with Gasteiger partial charge in [0.1, 0.15) is 6.04 Å². The molecule has 2 saturated heterocycles. The van der Waals surface area contributed by atoms with Gasteiger partial charge in [-0.25, -0.2) is 0 Å². The predicted molar refractivity (Wildman–Crippen MR) is 79.6 cm³/mol. The van der Waals surface area contributed by atoms with Crippen LogP contribution in [0.15, 0.2) is 4.99 Å². The number of carbonyl (C=O) groups excluding carboxylic acids is 1. The van der Waals surface area contributed by atoms with Crippen LogP contribution in [0.1, 0.15) is 39.5 Å². The van der Waals surface area contributed by atoms with Crippen LogP contribution < -0.4 is 5.32 Å². The molecule has 3 rings (SSSR count). The van der Waals surface area contributed by atoms with Crippen LogP contribution >= 0.6 is 0 Å². The number of hydrogen-bond donors (Lipinski definition) is 1. The van der Waals surface area contributed by atoms with Gasteiger partial charge in [-0.05, 0) is 38.5 Å². The van der Waals surface area contributed by atoms with Crippen molar-refractivity contribution in [3.8, 4) is 0 Å². The summed E-state index contributed by atoms with van der Waals surface area (Å²) in [6.45, 7) is 8.05. The Hall–Kier alpha value is -1.26. The van der Waals surface area contributed by atoms with E-state index in [0.29, 0.717) is 6.04 Å². The van der Waals surface area contributed by atoms with Crippen molar-refractivity contribution in [1.82, 2.24) is 15.1 Å². The highest BCUT2D eigenvalue weighted by atomic mass is 16.2. The van der Waals surface area contributed by atoms with E-state index in [0.717, 1.165) is 50.9 Å². The standard InChI is InChI=1S/C15H26N4O/c1-11-5-6-13-9-16-15(19(13)10-11)17-12(2)14(20)18-7-3-4-8-18/h11-13H,3-10H2,1-2H3,(H,16,17)/t11?,12-,13?/m0/s1. The maximum absolute atomic E-state index is 12.3. The van der Waals surface area contributed by atoms with Gasteiger partial charge >= 0.3 is 0 Å². The molecule has 0 spiro atoms. The molecule has 2 unspecified atom stereocenters. The number of rotatable bonds is 2. The average molecular weight is 278 g/mol. The first-order valence-electron chi connectivity index (χ1n) is 8.01. The zero-order valence-electron chi connectivity index (χ0n) is 12.6. The van der Waals surface area contributed by atoms with Crippen molar-refractivity contribution >= 4 is 11.9 Å². The van der Waals surface area contributed by atoms with Crippen LogP contribution in [0.3, 0.4) is 0 Å². The molecule has 1 amide bonds. The summed E-state index contributed by atoms with van der Waals surface area (Å²) in [5.74, 6) is 1.89. The van der Waals surface area contributed by atoms with Crippen molar-refractivity contribution in [2.75, 3.05) is 26.2 Å². The second-order valence-corrected chi connectivity index (χ2v) is 6.55. The maximum atomic E-state index is 12.3. The molecule has 20 heavy (non-hydrogen) atoms. The normalized spacial score (nSPS) is 31.0. The molecule has 0 aromatic rings. The van der Waals surface area contributed by atoms with Crippen molar-refractivity contribution in [3.05, 3.63) is 0 Å². The number of nitrogens with zero attached hydrogens (tertiary/aromatic N) is 3. The molecule has 3 heterocycles. The Morgan fingerprint density at radius 2 is 2.10 bits per heavy atom. The molecule has 3 atom stereocenters. The molecule has 5 nitrogen and oxygen atoms in total. The van der Waals surface area contributed by atoms with E-state index in [2.05, 4.69) is 22.1 Å². The van der Waals surface area contributed by atoms with Gasteiger partial charge in [0.2, 0.25) is 5.91 Å². The summed E-state index contributed by atoms with van der Waals surface area (Å²) in [7, 11) is 0. The smallest absolute Gasteiger partial charge is 0.244 e. The van der Waals surface area contributed by atoms with E-state index in [4.69, 9.17) is 0 Å². The van der Waals surface area contributed by atoms with Crippen molar-refractivity contribution < 1.29 is 4.79 Å². The minimum absolute atomic E-state index is 0.164. The number of aliphatic imine (C=N–C) groups is 1. The van der Waals surface area contributed by atoms with Crippen LogP contribution in [0.25, 0.3) is 0 Å². The quantitative estimate of drug-likeness (QED) is 0.821. The van der Waals surface area contributed by atoms with Gasteiger partial charge in [-0.15, -0.1) is 0 Å². The van der Waals surface area contributed by atoms with Crippen molar-refractivity contribution in [3.63, 3.8) is 0 Å². The molecule has 5 heteroatoms. The van der Waals surface area contributed by atoms with Crippen LogP contribution in [0.5, 0.6) is 0 Å². The lowest BCUT2D eigenvalue weighted by molar-refractivity contribution is -0.131. The number of piperidine rings is 1. The number of nitrogens with one attached hydrogen (secondary N) is 1. The Kier molecular flexibility index (Phi) is 3.85. The SMILES string of the molecule is CC1CCC2CN=C(N[C@@H](C)C(=O)N3CCCC3)N2C1. The van der Waals surface area contributed by atoms with Crippen LogP contribution in [-0.2, 0) is 4.79 Å². The number of guanidine groups is 1. The molecule has 0 aliphatic carbocycles. The molecule has 112 valence electrons. The Balaban J connectivity index is 1.58.